The van der Waals surface area contributed by atoms with Gasteiger partial charge in [0.15, 0.2) is 0 Å². The molecule has 1 aliphatic carbocycles. The predicted molar refractivity (Wildman–Crippen MR) is 97.0 cm³/mol. The summed E-state index contributed by atoms with van der Waals surface area (Å²) in [6.07, 6.45) is 1.40. The average molecular weight is 352 g/mol. The van der Waals surface area contributed by atoms with E-state index < -0.39 is 12.1 Å². The highest BCUT2D eigenvalue weighted by Gasteiger charge is 2.30. The molecule has 2 aromatic rings. The van der Waals surface area contributed by atoms with Crippen molar-refractivity contribution in [1.29, 1.82) is 0 Å². The van der Waals surface area contributed by atoms with Gasteiger partial charge in [-0.05, 0) is 53.8 Å². The maximum Gasteiger partial charge on any atom is 0.329 e. The zero-order valence-electron chi connectivity index (χ0n) is 14.2. The summed E-state index contributed by atoms with van der Waals surface area (Å²) in [5.74, 6) is -1.05. The van der Waals surface area contributed by atoms with Gasteiger partial charge in [-0.2, -0.15) is 0 Å². The van der Waals surface area contributed by atoms with Crippen LogP contribution in [0.15, 0.2) is 42.5 Å². The summed E-state index contributed by atoms with van der Waals surface area (Å²) in [5.41, 5.74) is 4.56. The normalized spacial score (nSPS) is 20.5. The van der Waals surface area contributed by atoms with Gasteiger partial charge in [-0.25, -0.2) is 4.79 Å². The van der Waals surface area contributed by atoms with E-state index in [1.165, 1.54) is 0 Å². The molecule has 134 valence electrons. The molecule has 1 saturated heterocycles. The number of carbonyl (C=O) groups is 2. The molecule has 0 spiro atoms. The lowest BCUT2D eigenvalue weighted by molar-refractivity contribution is -0.143. The van der Waals surface area contributed by atoms with Crippen LogP contribution in [0.2, 0.25) is 0 Å². The summed E-state index contributed by atoms with van der Waals surface area (Å²) in [7, 11) is 0. The first-order valence-corrected chi connectivity index (χ1v) is 8.74. The summed E-state index contributed by atoms with van der Waals surface area (Å²) in [6, 6.07) is 13.4. The SMILES string of the molecule is O=C(O)COC1c2ccccc2-c2ccc(NC(=O)C3CCCN3)cc21. The molecular formula is C20H20N2O4. The van der Waals surface area contributed by atoms with Gasteiger partial charge in [0.1, 0.15) is 12.7 Å². The molecular weight excluding hydrogens is 332 g/mol. The molecule has 26 heavy (non-hydrogen) atoms. The average Bonchev–Trinajstić information content (AvgIpc) is 3.26. The smallest absolute Gasteiger partial charge is 0.329 e. The summed E-state index contributed by atoms with van der Waals surface area (Å²) >= 11 is 0. The summed E-state index contributed by atoms with van der Waals surface area (Å²) in [6.45, 7) is 0.490. The van der Waals surface area contributed by atoms with Crippen molar-refractivity contribution in [2.75, 3.05) is 18.5 Å². The van der Waals surface area contributed by atoms with Crippen molar-refractivity contribution in [1.82, 2.24) is 5.32 Å². The molecule has 1 heterocycles. The Bertz CT molecular complexity index is 859. The minimum Gasteiger partial charge on any atom is -0.480 e. The zero-order chi connectivity index (χ0) is 18.1. The number of aliphatic carboxylic acids is 1. The lowest BCUT2D eigenvalue weighted by Gasteiger charge is -2.15. The van der Waals surface area contributed by atoms with Gasteiger partial charge in [-0.3, -0.25) is 4.79 Å². The third kappa shape index (κ3) is 3.09. The van der Waals surface area contributed by atoms with E-state index in [9.17, 15) is 9.59 Å². The van der Waals surface area contributed by atoms with Crippen LogP contribution in [0.5, 0.6) is 0 Å². The Kier molecular flexibility index (Phi) is 4.44. The first-order chi connectivity index (χ1) is 12.6. The van der Waals surface area contributed by atoms with Gasteiger partial charge in [-0.1, -0.05) is 30.3 Å². The predicted octanol–water partition coefficient (Wildman–Crippen LogP) is 2.55. The lowest BCUT2D eigenvalue weighted by Crippen LogP contribution is -2.35. The fourth-order valence-electron chi connectivity index (χ4n) is 3.71. The van der Waals surface area contributed by atoms with Gasteiger partial charge in [0.05, 0.1) is 6.04 Å². The Morgan fingerprint density at radius 1 is 1.15 bits per heavy atom. The van der Waals surface area contributed by atoms with Crippen LogP contribution in [0.1, 0.15) is 30.1 Å². The largest absolute Gasteiger partial charge is 0.480 e. The molecule has 1 aliphatic heterocycles. The molecule has 1 amide bonds. The fourth-order valence-corrected chi connectivity index (χ4v) is 3.71. The second-order valence-electron chi connectivity index (χ2n) is 6.61. The van der Waals surface area contributed by atoms with E-state index in [2.05, 4.69) is 10.6 Å². The van der Waals surface area contributed by atoms with Crippen LogP contribution >= 0.6 is 0 Å². The number of carbonyl (C=O) groups excluding carboxylic acids is 1. The van der Waals surface area contributed by atoms with Crippen LogP contribution < -0.4 is 10.6 Å². The molecule has 0 aromatic heterocycles. The maximum atomic E-state index is 12.3. The topological polar surface area (TPSA) is 87.7 Å². The molecule has 6 heteroatoms. The second-order valence-corrected chi connectivity index (χ2v) is 6.61. The Balaban J connectivity index is 1.63. The van der Waals surface area contributed by atoms with Gasteiger partial charge >= 0.3 is 5.97 Å². The second kappa shape index (κ2) is 6.90. The Morgan fingerprint density at radius 3 is 2.73 bits per heavy atom. The van der Waals surface area contributed by atoms with Crippen LogP contribution in [-0.2, 0) is 14.3 Å². The Morgan fingerprint density at radius 2 is 1.96 bits per heavy atom. The molecule has 0 bridgehead atoms. The first-order valence-electron chi connectivity index (χ1n) is 8.74. The first kappa shape index (κ1) is 16.8. The molecule has 0 radical (unpaired) electrons. The van der Waals surface area contributed by atoms with Gasteiger partial charge in [0, 0.05) is 5.69 Å². The van der Waals surface area contributed by atoms with Gasteiger partial charge < -0.3 is 20.5 Å². The number of hydrogen-bond donors (Lipinski definition) is 3. The summed E-state index contributed by atoms with van der Waals surface area (Å²) in [5, 5.41) is 15.1. The van der Waals surface area contributed by atoms with Crippen LogP contribution in [0.4, 0.5) is 5.69 Å². The number of benzene rings is 2. The van der Waals surface area contributed by atoms with Crippen LogP contribution in [0.3, 0.4) is 0 Å². The van der Waals surface area contributed by atoms with E-state index >= 15 is 0 Å². The fraction of sp³-hybridized carbons (Fsp3) is 0.300. The number of rotatable bonds is 5. The number of amides is 1. The van der Waals surface area contributed by atoms with Gasteiger partial charge in [0.2, 0.25) is 5.91 Å². The van der Waals surface area contributed by atoms with E-state index in [1.807, 2.05) is 42.5 Å². The van der Waals surface area contributed by atoms with E-state index in [0.29, 0.717) is 5.69 Å². The number of ether oxygens (including phenoxy) is 1. The van der Waals surface area contributed by atoms with Gasteiger partial charge in [0.25, 0.3) is 0 Å². The van der Waals surface area contributed by atoms with E-state index in [4.69, 9.17) is 9.84 Å². The molecule has 2 aliphatic rings. The van der Waals surface area contributed by atoms with Gasteiger partial charge in [-0.15, -0.1) is 0 Å². The van der Waals surface area contributed by atoms with Crippen LogP contribution in [0, 0.1) is 0 Å². The molecule has 2 atom stereocenters. The molecule has 1 fully saturated rings. The number of nitrogens with one attached hydrogen (secondary N) is 2. The minimum absolute atomic E-state index is 0.0408. The molecule has 3 N–H and O–H groups in total. The number of fused-ring (bicyclic) bond motifs is 3. The minimum atomic E-state index is -1.01. The van der Waals surface area contributed by atoms with Crippen molar-refractivity contribution in [3.63, 3.8) is 0 Å². The standard InChI is InChI=1S/C20H20N2O4/c23-18(24)11-26-19-15-5-2-1-4-13(15)14-8-7-12(10-16(14)19)22-20(25)17-6-3-9-21-17/h1-2,4-5,7-8,10,17,19,21H,3,6,9,11H2,(H,22,25)(H,23,24). The van der Waals surface area contributed by atoms with Crippen molar-refractivity contribution in [2.24, 2.45) is 0 Å². The maximum absolute atomic E-state index is 12.3. The highest BCUT2D eigenvalue weighted by molar-refractivity contribution is 5.95. The molecule has 4 rings (SSSR count). The van der Waals surface area contributed by atoms with E-state index in [1.54, 1.807) is 0 Å². The van der Waals surface area contributed by atoms with E-state index in [0.717, 1.165) is 41.6 Å². The lowest BCUT2D eigenvalue weighted by atomic mass is 10.1. The van der Waals surface area contributed by atoms with E-state index in [-0.39, 0.29) is 18.6 Å². The van der Waals surface area contributed by atoms with Crippen molar-refractivity contribution >= 4 is 17.6 Å². The Hall–Kier alpha value is -2.70. The highest BCUT2D eigenvalue weighted by atomic mass is 16.5. The number of carboxylic acid groups (broad SMARTS) is 1. The third-order valence-electron chi connectivity index (χ3n) is 4.89. The molecule has 2 aromatic carbocycles. The molecule has 0 saturated carbocycles. The quantitative estimate of drug-likeness (QED) is 0.770. The summed E-state index contributed by atoms with van der Waals surface area (Å²) in [4.78, 5) is 23.3. The number of hydrogen-bond acceptors (Lipinski definition) is 4. The molecule has 6 nitrogen and oxygen atoms in total. The van der Waals surface area contributed by atoms with Crippen molar-refractivity contribution < 1.29 is 19.4 Å². The zero-order valence-corrected chi connectivity index (χ0v) is 14.2. The van der Waals surface area contributed by atoms with Crippen LogP contribution in [0.25, 0.3) is 11.1 Å². The van der Waals surface area contributed by atoms with Crippen LogP contribution in [-0.4, -0.2) is 36.2 Å². The number of anilines is 1. The monoisotopic (exact) mass is 352 g/mol. The van der Waals surface area contributed by atoms with Crippen molar-refractivity contribution in [3.8, 4) is 11.1 Å². The summed E-state index contributed by atoms with van der Waals surface area (Å²) < 4.78 is 5.65. The molecule has 2 unspecified atom stereocenters. The number of carboxylic acids is 1. The van der Waals surface area contributed by atoms with Crippen molar-refractivity contribution in [2.45, 2.75) is 25.0 Å². The Labute approximate surface area is 151 Å². The third-order valence-corrected chi connectivity index (χ3v) is 4.89. The van der Waals surface area contributed by atoms with Crippen molar-refractivity contribution in [3.05, 3.63) is 53.6 Å². The highest BCUT2D eigenvalue weighted by Crippen LogP contribution is 2.46.